The number of ether oxygens (including phenoxy) is 1. The molecule has 1 unspecified atom stereocenters. The zero-order chi connectivity index (χ0) is 16.2. The minimum Gasteiger partial charge on any atom is -0.508 e. The van der Waals surface area contributed by atoms with Gasteiger partial charge in [0.25, 0.3) is 0 Å². The summed E-state index contributed by atoms with van der Waals surface area (Å²) in [4.78, 5) is 11.6. The minimum absolute atomic E-state index is 0.0129. The van der Waals surface area contributed by atoms with Gasteiger partial charge in [0, 0.05) is 6.07 Å². The number of halogens is 4. The van der Waals surface area contributed by atoms with Crippen LogP contribution in [0.4, 0.5) is 17.6 Å². The fourth-order valence-electron chi connectivity index (χ4n) is 1.64. The van der Waals surface area contributed by atoms with Crippen molar-refractivity contribution in [3.8, 4) is 5.75 Å². The second-order valence-corrected chi connectivity index (χ2v) is 5.07. The van der Waals surface area contributed by atoms with E-state index in [1.807, 2.05) is 0 Å². The topological polar surface area (TPSA) is 46.5 Å². The predicted octanol–water partition coefficient (Wildman–Crippen LogP) is 4.06. The molecule has 0 fully saturated rings. The summed E-state index contributed by atoms with van der Waals surface area (Å²) in [6, 6.07) is 2.51. The van der Waals surface area contributed by atoms with Gasteiger partial charge in [-0.25, -0.2) is 9.18 Å². The van der Waals surface area contributed by atoms with Crippen molar-refractivity contribution in [2.24, 2.45) is 5.92 Å². The number of carbonyl (C=O) groups is 1. The van der Waals surface area contributed by atoms with Crippen LogP contribution in [0.5, 0.6) is 5.75 Å². The van der Waals surface area contributed by atoms with E-state index in [9.17, 15) is 22.4 Å². The standard InChI is InChI=1S/C14H16F4O3/c1-8(2)3-6-12(14(16,17)18)21-13(20)10-5-4-9(19)7-11(10)15/h4-5,7-8,12,19H,3,6H2,1-2H3. The molecule has 0 bridgehead atoms. The summed E-state index contributed by atoms with van der Waals surface area (Å²) < 4.78 is 56.2. The van der Waals surface area contributed by atoms with Gasteiger partial charge in [-0.1, -0.05) is 13.8 Å². The molecule has 21 heavy (non-hydrogen) atoms. The van der Waals surface area contributed by atoms with Crippen LogP contribution in [0.2, 0.25) is 0 Å². The minimum atomic E-state index is -4.71. The first-order valence-corrected chi connectivity index (χ1v) is 6.37. The van der Waals surface area contributed by atoms with Crippen LogP contribution < -0.4 is 0 Å². The number of rotatable bonds is 5. The predicted molar refractivity (Wildman–Crippen MR) is 67.4 cm³/mol. The molecule has 0 heterocycles. The lowest BCUT2D eigenvalue weighted by Crippen LogP contribution is -2.34. The van der Waals surface area contributed by atoms with E-state index in [4.69, 9.17) is 5.11 Å². The SMILES string of the molecule is CC(C)CCC(OC(=O)c1ccc(O)cc1F)C(F)(F)F. The smallest absolute Gasteiger partial charge is 0.425 e. The van der Waals surface area contributed by atoms with Crippen LogP contribution in [-0.2, 0) is 4.74 Å². The maximum atomic E-state index is 13.4. The van der Waals surface area contributed by atoms with Crippen molar-refractivity contribution in [2.45, 2.75) is 39.0 Å². The number of alkyl halides is 3. The van der Waals surface area contributed by atoms with Crippen molar-refractivity contribution in [3.05, 3.63) is 29.6 Å². The Morgan fingerprint density at radius 1 is 1.29 bits per heavy atom. The molecule has 0 aromatic heterocycles. The fraction of sp³-hybridized carbons (Fsp3) is 0.500. The summed E-state index contributed by atoms with van der Waals surface area (Å²) in [7, 11) is 0. The molecular weight excluding hydrogens is 292 g/mol. The fourth-order valence-corrected chi connectivity index (χ4v) is 1.64. The first-order valence-electron chi connectivity index (χ1n) is 6.37. The largest absolute Gasteiger partial charge is 0.508 e. The molecule has 1 aromatic rings. The third-order valence-corrected chi connectivity index (χ3v) is 2.79. The zero-order valence-electron chi connectivity index (χ0n) is 11.6. The van der Waals surface area contributed by atoms with Gasteiger partial charge in [-0.2, -0.15) is 13.2 Å². The first kappa shape index (κ1) is 17.3. The molecule has 1 N–H and O–H groups in total. The number of esters is 1. The average molecular weight is 308 g/mol. The second-order valence-electron chi connectivity index (χ2n) is 5.07. The van der Waals surface area contributed by atoms with E-state index in [0.717, 1.165) is 12.1 Å². The molecule has 7 heteroatoms. The van der Waals surface area contributed by atoms with Crippen molar-refractivity contribution >= 4 is 5.97 Å². The monoisotopic (exact) mass is 308 g/mol. The van der Waals surface area contributed by atoms with Crippen molar-refractivity contribution in [1.82, 2.24) is 0 Å². The highest BCUT2D eigenvalue weighted by Crippen LogP contribution is 2.29. The van der Waals surface area contributed by atoms with Crippen LogP contribution in [0.25, 0.3) is 0 Å². The van der Waals surface area contributed by atoms with Gasteiger partial charge in [-0.05, 0) is 30.9 Å². The Hall–Kier alpha value is -1.79. The average Bonchev–Trinajstić information content (AvgIpc) is 2.32. The van der Waals surface area contributed by atoms with Gasteiger partial charge in [-0.3, -0.25) is 0 Å². The van der Waals surface area contributed by atoms with Gasteiger partial charge >= 0.3 is 12.1 Å². The molecule has 3 nitrogen and oxygen atoms in total. The number of hydrogen-bond donors (Lipinski definition) is 1. The third kappa shape index (κ3) is 5.24. The summed E-state index contributed by atoms with van der Waals surface area (Å²) in [5.41, 5.74) is -0.647. The molecular formula is C14H16F4O3. The van der Waals surface area contributed by atoms with E-state index in [0.29, 0.717) is 6.07 Å². The highest BCUT2D eigenvalue weighted by Gasteiger charge is 2.42. The number of phenolic OH excluding ortho intramolecular Hbond substituents is 1. The summed E-state index contributed by atoms with van der Waals surface area (Å²) in [5, 5.41) is 9.00. The van der Waals surface area contributed by atoms with E-state index in [-0.39, 0.29) is 18.8 Å². The lowest BCUT2D eigenvalue weighted by molar-refractivity contribution is -0.206. The maximum absolute atomic E-state index is 13.4. The van der Waals surface area contributed by atoms with Crippen LogP contribution in [0.1, 0.15) is 37.0 Å². The quantitative estimate of drug-likeness (QED) is 0.659. The van der Waals surface area contributed by atoms with Gasteiger partial charge < -0.3 is 9.84 Å². The van der Waals surface area contributed by atoms with Crippen molar-refractivity contribution in [2.75, 3.05) is 0 Å². The number of aromatic hydroxyl groups is 1. The Balaban J connectivity index is 2.85. The van der Waals surface area contributed by atoms with Crippen molar-refractivity contribution in [3.63, 3.8) is 0 Å². The molecule has 1 aromatic carbocycles. The van der Waals surface area contributed by atoms with E-state index < -0.39 is 35.4 Å². The highest BCUT2D eigenvalue weighted by molar-refractivity contribution is 5.90. The van der Waals surface area contributed by atoms with Gasteiger partial charge in [0.15, 0.2) is 6.10 Å². The number of hydrogen-bond acceptors (Lipinski definition) is 3. The molecule has 1 atom stereocenters. The first-order chi connectivity index (χ1) is 9.61. The molecule has 0 aliphatic rings. The van der Waals surface area contributed by atoms with Crippen LogP contribution >= 0.6 is 0 Å². The summed E-state index contributed by atoms with van der Waals surface area (Å²) in [5.74, 6) is -2.96. The van der Waals surface area contributed by atoms with Gasteiger partial charge in [0.05, 0.1) is 5.56 Å². The van der Waals surface area contributed by atoms with Crippen molar-refractivity contribution in [1.29, 1.82) is 0 Å². The summed E-state index contributed by atoms with van der Waals surface area (Å²) >= 11 is 0. The highest BCUT2D eigenvalue weighted by atomic mass is 19.4. The van der Waals surface area contributed by atoms with Crippen LogP contribution in [-0.4, -0.2) is 23.4 Å². The van der Waals surface area contributed by atoms with Crippen molar-refractivity contribution < 1.29 is 32.2 Å². The van der Waals surface area contributed by atoms with Crippen LogP contribution in [0.15, 0.2) is 18.2 Å². The van der Waals surface area contributed by atoms with Crippen LogP contribution in [0, 0.1) is 11.7 Å². The Morgan fingerprint density at radius 3 is 2.38 bits per heavy atom. The van der Waals surface area contributed by atoms with Crippen LogP contribution in [0.3, 0.4) is 0 Å². The Labute approximate surface area is 119 Å². The molecule has 0 amide bonds. The molecule has 118 valence electrons. The lowest BCUT2D eigenvalue weighted by Gasteiger charge is -2.21. The number of benzene rings is 1. The van der Waals surface area contributed by atoms with Gasteiger partial charge in [0.2, 0.25) is 0 Å². The molecule has 0 saturated heterocycles. The van der Waals surface area contributed by atoms with Gasteiger partial charge in [-0.15, -0.1) is 0 Å². The summed E-state index contributed by atoms with van der Waals surface area (Å²) in [6.07, 6.45) is -7.15. The third-order valence-electron chi connectivity index (χ3n) is 2.79. The summed E-state index contributed by atoms with van der Waals surface area (Å²) in [6.45, 7) is 3.49. The Kier molecular flexibility index (Phi) is 5.57. The second kappa shape index (κ2) is 6.78. The Morgan fingerprint density at radius 2 is 1.90 bits per heavy atom. The van der Waals surface area contributed by atoms with E-state index >= 15 is 0 Å². The van der Waals surface area contributed by atoms with E-state index in [1.54, 1.807) is 13.8 Å². The molecule has 0 radical (unpaired) electrons. The normalized spacial score (nSPS) is 13.3. The number of phenols is 1. The molecule has 0 aliphatic heterocycles. The molecule has 0 saturated carbocycles. The molecule has 0 aliphatic carbocycles. The number of carbonyl (C=O) groups excluding carboxylic acids is 1. The molecule has 0 spiro atoms. The lowest BCUT2D eigenvalue weighted by atomic mass is 10.0. The maximum Gasteiger partial charge on any atom is 0.425 e. The van der Waals surface area contributed by atoms with Gasteiger partial charge in [0.1, 0.15) is 11.6 Å². The van der Waals surface area contributed by atoms with E-state index in [2.05, 4.69) is 4.74 Å². The molecule has 1 rings (SSSR count). The van der Waals surface area contributed by atoms with E-state index in [1.165, 1.54) is 0 Å². The Bertz CT molecular complexity index is 497. The zero-order valence-corrected chi connectivity index (χ0v) is 11.6.